The number of methoxy groups -OCH3 is 2. The Balaban J connectivity index is 1.43. The Bertz CT molecular complexity index is 1380. The Kier molecular flexibility index (Phi) is 6.14. The van der Waals surface area contributed by atoms with Gasteiger partial charge in [-0.15, -0.1) is 11.8 Å². The SMILES string of the molecule is COc1ccc([C@H]2c3sc(=O)[nH]c3SC3C4CC(C5C(=O)N(C(CC(C)C)C(=O)O)C(=O)C45)C32)cc1OC. The normalized spacial score (nSPS) is 31.8. The summed E-state index contributed by atoms with van der Waals surface area (Å²) in [5.74, 6) is -1.92. The number of carbonyl (C=O) groups is 3. The van der Waals surface area contributed by atoms with E-state index in [-0.39, 0.29) is 57.9 Å². The molecule has 2 aliphatic heterocycles. The highest BCUT2D eigenvalue weighted by atomic mass is 32.2. The van der Waals surface area contributed by atoms with E-state index in [1.165, 1.54) is 11.3 Å². The number of ether oxygens (including phenoxy) is 2. The van der Waals surface area contributed by atoms with E-state index >= 15 is 0 Å². The number of nitrogens with one attached hydrogen (secondary N) is 1. The number of hydrogen-bond donors (Lipinski definition) is 2. The van der Waals surface area contributed by atoms with Crippen LogP contribution in [0.4, 0.5) is 0 Å². The summed E-state index contributed by atoms with van der Waals surface area (Å²) in [6.45, 7) is 3.78. The zero-order valence-corrected chi connectivity index (χ0v) is 23.1. The minimum atomic E-state index is -1.14. The van der Waals surface area contributed by atoms with Gasteiger partial charge in [0.2, 0.25) is 11.8 Å². The van der Waals surface area contributed by atoms with Crippen LogP contribution in [0.5, 0.6) is 11.5 Å². The van der Waals surface area contributed by atoms with Crippen LogP contribution in [0.25, 0.3) is 0 Å². The van der Waals surface area contributed by atoms with Crippen LogP contribution in [0.1, 0.15) is 43.0 Å². The van der Waals surface area contributed by atoms with Gasteiger partial charge in [-0.05, 0) is 54.2 Å². The van der Waals surface area contributed by atoms with Gasteiger partial charge in [-0.2, -0.15) is 0 Å². The van der Waals surface area contributed by atoms with E-state index in [2.05, 4.69) is 4.98 Å². The molecule has 7 unspecified atom stereocenters. The molecule has 11 heteroatoms. The average Bonchev–Trinajstić information content (AvgIpc) is 3.61. The van der Waals surface area contributed by atoms with Crippen LogP contribution in [-0.2, 0) is 14.4 Å². The summed E-state index contributed by atoms with van der Waals surface area (Å²) in [5, 5.41) is 10.8. The second-order valence-electron chi connectivity index (χ2n) is 11.1. The first kappa shape index (κ1) is 25.5. The van der Waals surface area contributed by atoms with Gasteiger partial charge in [-0.1, -0.05) is 31.3 Å². The lowest BCUT2D eigenvalue weighted by atomic mass is 9.68. The second kappa shape index (κ2) is 9.15. The molecule has 8 atom stereocenters. The Morgan fingerprint density at radius 2 is 1.79 bits per heavy atom. The maximum atomic E-state index is 13.8. The Labute approximate surface area is 227 Å². The maximum absolute atomic E-state index is 13.8. The molecule has 4 aliphatic rings. The Morgan fingerprint density at radius 3 is 2.42 bits per heavy atom. The molecule has 1 aromatic carbocycles. The minimum Gasteiger partial charge on any atom is -0.493 e. The first-order valence-electron chi connectivity index (χ1n) is 12.9. The van der Waals surface area contributed by atoms with Crippen molar-refractivity contribution >= 4 is 40.9 Å². The number of aromatic nitrogens is 1. The van der Waals surface area contributed by atoms with E-state index in [1.54, 1.807) is 26.0 Å². The van der Waals surface area contributed by atoms with Gasteiger partial charge in [0, 0.05) is 16.0 Å². The van der Waals surface area contributed by atoms with Crippen molar-refractivity contribution in [1.29, 1.82) is 0 Å². The molecule has 0 radical (unpaired) electrons. The number of fused-ring (bicyclic) bond motifs is 9. The number of carboxylic acid groups (broad SMARTS) is 1. The number of benzene rings is 1. The third-order valence-corrected chi connectivity index (χ3v) is 11.4. The summed E-state index contributed by atoms with van der Waals surface area (Å²) < 4.78 is 11.0. The highest BCUT2D eigenvalue weighted by Gasteiger charge is 2.70. The minimum absolute atomic E-state index is 0.0216. The van der Waals surface area contributed by atoms with Crippen LogP contribution in [0.15, 0.2) is 28.0 Å². The maximum Gasteiger partial charge on any atom is 0.326 e. The van der Waals surface area contributed by atoms with Crippen LogP contribution in [-0.4, -0.2) is 58.3 Å². The van der Waals surface area contributed by atoms with Gasteiger partial charge in [0.15, 0.2) is 11.5 Å². The van der Waals surface area contributed by atoms with Crippen molar-refractivity contribution in [2.45, 2.75) is 48.9 Å². The molecule has 202 valence electrons. The van der Waals surface area contributed by atoms with Gasteiger partial charge in [-0.3, -0.25) is 19.3 Å². The van der Waals surface area contributed by atoms with Gasteiger partial charge in [0.05, 0.1) is 31.1 Å². The van der Waals surface area contributed by atoms with E-state index in [4.69, 9.17) is 9.47 Å². The van der Waals surface area contributed by atoms with Crippen molar-refractivity contribution in [2.75, 3.05) is 14.2 Å². The van der Waals surface area contributed by atoms with Crippen molar-refractivity contribution in [2.24, 2.45) is 35.5 Å². The van der Waals surface area contributed by atoms with Gasteiger partial charge >= 0.3 is 10.8 Å². The van der Waals surface area contributed by atoms with E-state index < -0.39 is 23.8 Å². The summed E-state index contributed by atoms with van der Waals surface area (Å²) in [6, 6.07) is 4.62. The molecule has 2 aliphatic carbocycles. The molecule has 6 rings (SSSR count). The number of likely N-dealkylation sites (tertiary alicyclic amines) is 1. The van der Waals surface area contributed by atoms with Gasteiger partial charge in [-0.25, -0.2) is 4.79 Å². The summed E-state index contributed by atoms with van der Waals surface area (Å²) in [6.07, 6.45) is 0.976. The molecule has 1 aromatic heterocycles. The number of H-pyrrole nitrogens is 1. The summed E-state index contributed by atoms with van der Waals surface area (Å²) in [5.41, 5.74) is 0.968. The number of nitrogens with zero attached hydrogens (tertiary/aromatic N) is 1. The molecule has 3 heterocycles. The first-order chi connectivity index (χ1) is 18.2. The smallest absolute Gasteiger partial charge is 0.326 e. The molecule has 2 aromatic rings. The largest absolute Gasteiger partial charge is 0.493 e. The second-order valence-corrected chi connectivity index (χ2v) is 13.3. The lowest BCUT2D eigenvalue weighted by Gasteiger charge is -2.43. The molecule has 2 saturated carbocycles. The number of carbonyl (C=O) groups excluding carboxylic acids is 2. The number of thioether (sulfide) groups is 1. The van der Waals surface area contributed by atoms with Crippen molar-refractivity contribution in [3.05, 3.63) is 38.3 Å². The number of imide groups is 1. The van der Waals surface area contributed by atoms with E-state index in [1.807, 2.05) is 32.0 Å². The molecule has 38 heavy (non-hydrogen) atoms. The molecule has 1 saturated heterocycles. The summed E-state index contributed by atoms with van der Waals surface area (Å²) in [7, 11) is 3.16. The fourth-order valence-electron chi connectivity index (χ4n) is 7.53. The third kappa shape index (κ3) is 3.57. The number of amides is 2. The Morgan fingerprint density at radius 1 is 1.11 bits per heavy atom. The molecule has 2 amide bonds. The van der Waals surface area contributed by atoms with Gasteiger partial charge < -0.3 is 19.6 Å². The molecule has 2 N–H and O–H groups in total. The fourth-order valence-corrected chi connectivity index (χ4v) is 10.4. The number of aliphatic carboxylic acids is 1. The predicted octanol–water partition coefficient (Wildman–Crippen LogP) is 3.43. The third-order valence-electron chi connectivity index (χ3n) is 8.82. The van der Waals surface area contributed by atoms with Crippen molar-refractivity contribution < 1.29 is 29.0 Å². The quantitative estimate of drug-likeness (QED) is 0.495. The molecular formula is C27H30N2O7S2. The average molecular weight is 559 g/mol. The number of thiazole rings is 1. The number of rotatable bonds is 7. The van der Waals surface area contributed by atoms with E-state index in [0.29, 0.717) is 11.5 Å². The zero-order valence-electron chi connectivity index (χ0n) is 21.5. The van der Waals surface area contributed by atoms with Crippen molar-refractivity contribution in [3.8, 4) is 11.5 Å². The van der Waals surface area contributed by atoms with E-state index in [0.717, 1.165) is 26.8 Å². The van der Waals surface area contributed by atoms with Crippen LogP contribution in [0.3, 0.4) is 0 Å². The van der Waals surface area contributed by atoms with Crippen LogP contribution in [0.2, 0.25) is 0 Å². The highest BCUT2D eigenvalue weighted by Crippen LogP contribution is 2.68. The topological polar surface area (TPSA) is 126 Å². The lowest BCUT2D eigenvalue weighted by Crippen LogP contribution is -2.47. The summed E-state index contributed by atoms with van der Waals surface area (Å²) in [4.78, 5) is 57.0. The predicted molar refractivity (Wildman–Crippen MR) is 141 cm³/mol. The van der Waals surface area contributed by atoms with Crippen molar-refractivity contribution in [3.63, 3.8) is 0 Å². The Hall–Kier alpha value is -2.79. The monoisotopic (exact) mass is 558 g/mol. The molecule has 3 fully saturated rings. The first-order valence-corrected chi connectivity index (χ1v) is 14.6. The van der Waals surface area contributed by atoms with Crippen molar-refractivity contribution in [1.82, 2.24) is 9.88 Å². The number of hydrogen-bond acceptors (Lipinski definition) is 8. The van der Waals surface area contributed by atoms with E-state index in [9.17, 15) is 24.3 Å². The molecule has 2 bridgehead atoms. The zero-order chi connectivity index (χ0) is 27.0. The fraction of sp³-hybridized carbons (Fsp3) is 0.556. The molecule has 0 spiro atoms. The number of aromatic amines is 1. The number of carboxylic acids is 1. The molecule has 9 nitrogen and oxygen atoms in total. The lowest BCUT2D eigenvalue weighted by molar-refractivity contribution is -0.156. The van der Waals surface area contributed by atoms with Crippen LogP contribution < -0.4 is 14.3 Å². The van der Waals surface area contributed by atoms with Crippen LogP contribution in [0, 0.1) is 35.5 Å². The van der Waals surface area contributed by atoms with Gasteiger partial charge in [0.1, 0.15) is 6.04 Å². The van der Waals surface area contributed by atoms with Crippen LogP contribution >= 0.6 is 23.1 Å². The highest BCUT2D eigenvalue weighted by molar-refractivity contribution is 8.00. The molecular weight excluding hydrogens is 528 g/mol. The summed E-state index contributed by atoms with van der Waals surface area (Å²) >= 11 is 2.80. The standard InChI is InChI=1S/C27H30N2O7S2/c1-10(2)7-14(26(32)33)29-24(30)19-12-9-13(20(19)25(29)31)21-18(12)17(22-23(37-21)28-27(34)38-22)11-5-6-15(35-3)16(8-11)36-4/h5-6,8,10,12-14,17-21H,7,9H2,1-4H3,(H,28,34)(H,32,33)/t12?,13?,14?,17-,18?,19?,20?,21?/m1/s1. The van der Waals surface area contributed by atoms with Gasteiger partial charge in [0.25, 0.3) is 0 Å².